The summed E-state index contributed by atoms with van der Waals surface area (Å²) in [6, 6.07) is 5.84. The van der Waals surface area contributed by atoms with Gasteiger partial charge in [0.2, 0.25) is 0 Å². The van der Waals surface area contributed by atoms with Crippen LogP contribution in [0.3, 0.4) is 0 Å². The third-order valence-electron chi connectivity index (χ3n) is 4.22. The Morgan fingerprint density at radius 3 is 2.86 bits per heavy atom. The van der Waals surface area contributed by atoms with Crippen LogP contribution in [0.1, 0.15) is 47.7 Å². The molecule has 1 aromatic heterocycles. The molecule has 1 aliphatic carbocycles. The number of halogens is 1. The second-order valence-corrected chi connectivity index (χ2v) is 7.00. The van der Waals surface area contributed by atoms with E-state index in [0.717, 1.165) is 26.6 Å². The summed E-state index contributed by atoms with van der Waals surface area (Å²) in [5, 5.41) is 1.00. The Morgan fingerprint density at radius 1 is 1.36 bits per heavy atom. The average molecular weight is 409 g/mol. The molecule has 3 rings (SSSR count). The van der Waals surface area contributed by atoms with Gasteiger partial charge in [0.05, 0.1) is 15.7 Å². The lowest BCUT2D eigenvalue weighted by molar-refractivity contribution is 0.0526. The highest BCUT2D eigenvalue weighted by Crippen LogP contribution is 2.38. The zero-order valence-corrected chi connectivity index (χ0v) is 14.9. The van der Waals surface area contributed by atoms with Crippen molar-refractivity contribution in [3.8, 4) is 0 Å². The topological polar surface area (TPSA) is 39.4 Å². The summed E-state index contributed by atoms with van der Waals surface area (Å²) in [6.07, 6.45) is 5.76. The highest BCUT2D eigenvalue weighted by Gasteiger charge is 2.22. The first kappa shape index (κ1) is 15.9. The van der Waals surface area contributed by atoms with Crippen molar-refractivity contribution >= 4 is 46.8 Å². The number of ether oxygens (including phenoxy) is 1. The van der Waals surface area contributed by atoms with E-state index < -0.39 is 0 Å². The van der Waals surface area contributed by atoms with Crippen LogP contribution in [-0.2, 0) is 4.74 Å². The molecule has 1 heterocycles. The molecule has 0 unspecified atom stereocenters. The van der Waals surface area contributed by atoms with Crippen LogP contribution in [0.4, 0.5) is 0 Å². The van der Waals surface area contributed by atoms with E-state index in [0.29, 0.717) is 18.1 Å². The molecular formula is C17H19BIO3. The SMILES string of the molecule is C[B]CCOC(=O)c1cc(I)c2oc(C3CCCC3)cc2c1. The van der Waals surface area contributed by atoms with Crippen molar-refractivity contribution in [3.05, 3.63) is 33.1 Å². The number of benzene rings is 1. The van der Waals surface area contributed by atoms with Crippen molar-refractivity contribution in [3.63, 3.8) is 0 Å². The maximum absolute atomic E-state index is 12.1. The molecule has 1 radical (unpaired) electrons. The highest BCUT2D eigenvalue weighted by atomic mass is 127. The summed E-state index contributed by atoms with van der Waals surface area (Å²) < 4.78 is 12.3. The summed E-state index contributed by atoms with van der Waals surface area (Å²) in [4.78, 5) is 12.1. The monoisotopic (exact) mass is 409 g/mol. The molecule has 0 amide bonds. The number of rotatable bonds is 5. The van der Waals surface area contributed by atoms with Gasteiger partial charge in [-0.25, -0.2) is 4.79 Å². The summed E-state index contributed by atoms with van der Waals surface area (Å²) in [5.74, 6) is 1.35. The molecule has 0 saturated heterocycles. The van der Waals surface area contributed by atoms with Crippen LogP contribution in [0.5, 0.6) is 0 Å². The normalized spacial score (nSPS) is 15.4. The first-order valence-corrected chi connectivity index (χ1v) is 8.95. The van der Waals surface area contributed by atoms with E-state index in [9.17, 15) is 4.79 Å². The first-order valence-electron chi connectivity index (χ1n) is 7.87. The standard InChI is InChI=1S/C17H19BIO3/c1-18-6-7-21-17(20)13-8-12-10-15(11-4-2-3-5-11)22-16(12)14(19)9-13/h8-11H,2-7H2,1H3. The quantitative estimate of drug-likeness (QED) is 0.301. The van der Waals surface area contributed by atoms with E-state index in [1.165, 1.54) is 25.7 Å². The number of fused-ring (bicyclic) bond motifs is 1. The van der Waals surface area contributed by atoms with Crippen molar-refractivity contribution in [1.82, 2.24) is 0 Å². The van der Waals surface area contributed by atoms with Crippen LogP contribution in [0.15, 0.2) is 22.6 Å². The molecule has 1 saturated carbocycles. The number of carbonyl (C=O) groups excluding carboxylic acids is 1. The summed E-state index contributed by atoms with van der Waals surface area (Å²) in [6.45, 7) is 2.39. The van der Waals surface area contributed by atoms with E-state index in [1.54, 1.807) is 0 Å². The minimum Gasteiger partial charge on any atom is -0.463 e. The molecule has 1 aromatic carbocycles. The first-order chi connectivity index (χ1) is 10.7. The van der Waals surface area contributed by atoms with Gasteiger partial charge in [-0.2, -0.15) is 0 Å². The van der Waals surface area contributed by atoms with Crippen molar-refractivity contribution in [2.24, 2.45) is 0 Å². The molecule has 115 valence electrons. The molecule has 5 heteroatoms. The van der Waals surface area contributed by atoms with Crippen LogP contribution < -0.4 is 0 Å². The van der Waals surface area contributed by atoms with Crippen molar-refractivity contribution in [2.75, 3.05) is 6.61 Å². The summed E-state index contributed by atoms with van der Waals surface area (Å²) >= 11 is 2.23. The number of carbonyl (C=O) groups is 1. The molecule has 3 nitrogen and oxygen atoms in total. The second kappa shape index (κ2) is 7.07. The Hall–Kier alpha value is -0.975. The Labute approximate surface area is 145 Å². The van der Waals surface area contributed by atoms with Crippen molar-refractivity contribution in [2.45, 2.75) is 44.7 Å². The average Bonchev–Trinajstić information content (AvgIpc) is 3.16. The molecular weight excluding hydrogens is 390 g/mol. The zero-order chi connectivity index (χ0) is 15.5. The fourth-order valence-corrected chi connectivity index (χ4v) is 3.77. The summed E-state index contributed by atoms with van der Waals surface area (Å²) in [5.41, 5.74) is 1.49. The smallest absolute Gasteiger partial charge is 0.338 e. The molecule has 1 fully saturated rings. The Kier molecular flexibility index (Phi) is 5.11. The third kappa shape index (κ3) is 3.34. The molecule has 1 aliphatic rings. The minimum absolute atomic E-state index is 0.259. The van der Waals surface area contributed by atoms with E-state index in [-0.39, 0.29) is 5.97 Å². The van der Waals surface area contributed by atoms with Crippen LogP contribution >= 0.6 is 22.6 Å². The zero-order valence-electron chi connectivity index (χ0n) is 12.7. The Balaban J connectivity index is 1.85. The lowest BCUT2D eigenvalue weighted by Gasteiger charge is -2.04. The Bertz CT molecular complexity index is 674. The maximum Gasteiger partial charge on any atom is 0.338 e. The van der Waals surface area contributed by atoms with Gasteiger partial charge in [0.25, 0.3) is 0 Å². The van der Waals surface area contributed by atoms with E-state index in [2.05, 4.69) is 28.7 Å². The lowest BCUT2D eigenvalue weighted by atomic mass is 9.79. The van der Waals surface area contributed by atoms with Crippen LogP contribution in [-0.4, -0.2) is 19.9 Å². The van der Waals surface area contributed by atoms with E-state index in [1.807, 2.05) is 26.2 Å². The highest BCUT2D eigenvalue weighted by molar-refractivity contribution is 14.1. The van der Waals surface area contributed by atoms with Crippen LogP contribution in [0.2, 0.25) is 13.1 Å². The number of furan rings is 1. The molecule has 0 aliphatic heterocycles. The predicted molar refractivity (Wildman–Crippen MR) is 96.8 cm³/mol. The van der Waals surface area contributed by atoms with Gasteiger partial charge in [0.15, 0.2) is 0 Å². The number of esters is 1. The van der Waals surface area contributed by atoms with Crippen LogP contribution in [0.25, 0.3) is 11.0 Å². The number of hydrogen-bond donors (Lipinski definition) is 0. The molecule has 0 bridgehead atoms. The molecule has 0 atom stereocenters. The largest absolute Gasteiger partial charge is 0.463 e. The van der Waals surface area contributed by atoms with Crippen molar-refractivity contribution in [1.29, 1.82) is 0 Å². The van der Waals surface area contributed by atoms with Gasteiger partial charge < -0.3 is 9.15 Å². The van der Waals surface area contributed by atoms with Gasteiger partial charge in [0, 0.05) is 11.3 Å². The Morgan fingerprint density at radius 2 is 2.14 bits per heavy atom. The molecule has 22 heavy (non-hydrogen) atoms. The van der Waals surface area contributed by atoms with E-state index >= 15 is 0 Å². The number of hydrogen-bond acceptors (Lipinski definition) is 3. The molecule has 0 N–H and O–H groups in total. The lowest BCUT2D eigenvalue weighted by Crippen LogP contribution is -2.07. The van der Waals surface area contributed by atoms with Gasteiger partial charge in [-0.3, -0.25) is 0 Å². The van der Waals surface area contributed by atoms with Gasteiger partial charge >= 0.3 is 5.97 Å². The molecule has 2 aromatic rings. The van der Waals surface area contributed by atoms with Gasteiger partial charge in [-0.1, -0.05) is 19.7 Å². The second-order valence-electron chi connectivity index (χ2n) is 5.84. The van der Waals surface area contributed by atoms with E-state index in [4.69, 9.17) is 9.15 Å². The summed E-state index contributed by atoms with van der Waals surface area (Å²) in [7, 11) is 1.99. The van der Waals surface area contributed by atoms with Gasteiger partial charge in [-0.15, -0.1) is 0 Å². The fraction of sp³-hybridized carbons (Fsp3) is 0.471. The van der Waals surface area contributed by atoms with Crippen molar-refractivity contribution < 1.29 is 13.9 Å². The minimum atomic E-state index is -0.259. The third-order valence-corrected chi connectivity index (χ3v) is 5.02. The maximum atomic E-state index is 12.1. The fourth-order valence-electron chi connectivity index (χ4n) is 3.01. The predicted octanol–water partition coefficient (Wildman–Crippen LogP) is 5.02. The van der Waals surface area contributed by atoms with Crippen LogP contribution in [0, 0.1) is 3.57 Å². The molecule has 0 spiro atoms. The van der Waals surface area contributed by atoms with Gasteiger partial charge in [0.1, 0.15) is 18.6 Å². The van der Waals surface area contributed by atoms with Gasteiger partial charge in [-0.05, 0) is 60.0 Å².